The van der Waals surface area contributed by atoms with Gasteiger partial charge in [0.05, 0.1) is 6.20 Å². The number of aromatic hydroxyl groups is 1. The minimum absolute atomic E-state index is 0.0184. The molecule has 7 nitrogen and oxygen atoms in total. The minimum atomic E-state index is -1.20. The molecule has 0 saturated heterocycles. The zero-order valence-corrected chi connectivity index (χ0v) is 16.0. The van der Waals surface area contributed by atoms with E-state index in [1.165, 1.54) is 18.3 Å². The van der Waals surface area contributed by atoms with E-state index in [-0.39, 0.29) is 24.7 Å². The van der Waals surface area contributed by atoms with Crippen LogP contribution >= 0.6 is 0 Å². The molecule has 1 atom stereocenters. The van der Waals surface area contributed by atoms with Crippen LogP contribution in [0.4, 0.5) is 4.79 Å². The van der Waals surface area contributed by atoms with Gasteiger partial charge in [0.25, 0.3) is 0 Å². The summed E-state index contributed by atoms with van der Waals surface area (Å²) >= 11 is 0. The normalized spacial score (nSPS) is 13.2. The van der Waals surface area contributed by atoms with E-state index in [4.69, 9.17) is 4.74 Å². The van der Waals surface area contributed by atoms with E-state index >= 15 is 0 Å². The van der Waals surface area contributed by atoms with Crippen LogP contribution in [-0.2, 0) is 16.0 Å². The number of hydrogen-bond donors (Lipinski definition) is 3. The summed E-state index contributed by atoms with van der Waals surface area (Å²) in [5, 5.41) is 21.1. The predicted octanol–water partition coefficient (Wildman–Crippen LogP) is 3.32. The summed E-state index contributed by atoms with van der Waals surface area (Å²) in [4.78, 5) is 27.8. The molecule has 0 unspecified atom stereocenters. The molecule has 30 heavy (non-hydrogen) atoms. The van der Waals surface area contributed by atoms with Gasteiger partial charge in [-0.15, -0.1) is 0 Å². The van der Waals surface area contributed by atoms with Crippen LogP contribution in [0, 0.1) is 0 Å². The molecule has 0 saturated carbocycles. The molecule has 3 N–H and O–H groups in total. The van der Waals surface area contributed by atoms with Crippen molar-refractivity contribution < 1.29 is 24.5 Å². The third-order valence-corrected chi connectivity index (χ3v) is 5.16. The maximum absolute atomic E-state index is 12.3. The molecule has 1 aliphatic rings. The average molecular weight is 404 g/mol. The molecule has 0 bridgehead atoms. The number of nitrogens with one attached hydrogen (secondary N) is 1. The molecule has 1 amide bonds. The third-order valence-electron chi connectivity index (χ3n) is 5.16. The van der Waals surface area contributed by atoms with Crippen LogP contribution in [0.1, 0.15) is 22.7 Å². The second-order valence-corrected chi connectivity index (χ2v) is 7.07. The van der Waals surface area contributed by atoms with E-state index in [0.717, 1.165) is 22.3 Å². The largest absolute Gasteiger partial charge is 0.506 e. The molecule has 1 heterocycles. The molecule has 0 radical (unpaired) electrons. The highest BCUT2D eigenvalue weighted by Gasteiger charge is 2.29. The maximum Gasteiger partial charge on any atom is 0.407 e. The number of nitrogens with zero attached hydrogens (tertiary/aromatic N) is 1. The Morgan fingerprint density at radius 3 is 2.20 bits per heavy atom. The van der Waals surface area contributed by atoms with Crippen molar-refractivity contribution in [3.05, 3.63) is 83.7 Å². The van der Waals surface area contributed by atoms with E-state index in [0.29, 0.717) is 5.69 Å². The van der Waals surface area contributed by atoms with Gasteiger partial charge in [-0.3, -0.25) is 4.98 Å². The molecule has 3 aromatic rings. The van der Waals surface area contributed by atoms with E-state index in [9.17, 15) is 19.8 Å². The van der Waals surface area contributed by atoms with Gasteiger partial charge in [0.15, 0.2) is 0 Å². The summed E-state index contributed by atoms with van der Waals surface area (Å²) < 4.78 is 5.40. The number of carboxylic acid groups (broad SMARTS) is 1. The lowest BCUT2D eigenvalue weighted by Gasteiger charge is -2.17. The smallest absolute Gasteiger partial charge is 0.407 e. The highest BCUT2D eigenvalue weighted by molar-refractivity contribution is 5.81. The van der Waals surface area contributed by atoms with Crippen molar-refractivity contribution >= 4 is 12.1 Å². The molecule has 0 fully saturated rings. The summed E-state index contributed by atoms with van der Waals surface area (Å²) in [5.41, 5.74) is 4.82. The fourth-order valence-electron chi connectivity index (χ4n) is 3.73. The van der Waals surface area contributed by atoms with Gasteiger partial charge < -0.3 is 20.3 Å². The van der Waals surface area contributed by atoms with Crippen molar-refractivity contribution in [1.29, 1.82) is 0 Å². The Morgan fingerprint density at radius 1 is 1.00 bits per heavy atom. The summed E-state index contributed by atoms with van der Waals surface area (Å²) in [6.45, 7) is 0.101. The van der Waals surface area contributed by atoms with Gasteiger partial charge in [-0.05, 0) is 34.4 Å². The molecule has 1 aromatic heterocycles. The number of amides is 1. The monoisotopic (exact) mass is 404 g/mol. The van der Waals surface area contributed by atoms with Gasteiger partial charge in [-0.25, -0.2) is 9.59 Å². The predicted molar refractivity (Wildman–Crippen MR) is 109 cm³/mol. The Morgan fingerprint density at radius 2 is 1.63 bits per heavy atom. The zero-order valence-electron chi connectivity index (χ0n) is 16.0. The van der Waals surface area contributed by atoms with Gasteiger partial charge in [-0.1, -0.05) is 48.5 Å². The first-order chi connectivity index (χ1) is 14.5. The SMILES string of the molecule is O=C(N[C@@H](Cc1ccc(O)cn1)C(=O)O)OCC1c2ccccc2-c2ccccc21. The number of carboxylic acids is 1. The molecular weight excluding hydrogens is 384 g/mol. The Bertz CT molecular complexity index is 1040. The van der Waals surface area contributed by atoms with Crippen LogP contribution < -0.4 is 5.32 Å². The maximum atomic E-state index is 12.3. The van der Waals surface area contributed by atoms with Gasteiger partial charge in [0.2, 0.25) is 0 Å². The molecule has 2 aromatic carbocycles. The molecule has 4 rings (SSSR count). The molecule has 7 heteroatoms. The van der Waals surface area contributed by atoms with Crippen molar-refractivity contribution in [3.8, 4) is 16.9 Å². The van der Waals surface area contributed by atoms with Gasteiger partial charge >= 0.3 is 12.1 Å². The Hall–Kier alpha value is -3.87. The molecule has 0 spiro atoms. The number of fused-ring (bicyclic) bond motifs is 3. The topological polar surface area (TPSA) is 109 Å². The van der Waals surface area contributed by atoms with Crippen molar-refractivity contribution in [2.45, 2.75) is 18.4 Å². The number of hydrogen-bond acceptors (Lipinski definition) is 5. The summed E-state index contributed by atoms with van der Waals surface area (Å²) in [6, 6.07) is 17.7. The number of carbonyl (C=O) groups excluding carboxylic acids is 1. The Kier molecular flexibility index (Phi) is 5.34. The highest BCUT2D eigenvalue weighted by atomic mass is 16.5. The first-order valence-corrected chi connectivity index (χ1v) is 9.51. The lowest BCUT2D eigenvalue weighted by molar-refractivity contribution is -0.139. The first-order valence-electron chi connectivity index (χ1n) is 9.51. The molecule has 152 valence electrons. The van der Waals surface area contributed by atoms with Crippen LogP contribution in [0.5, 0.6) is 5.75 Å². The number of aliphatic carboxylic acids is 1. The van der Waals surface area contributed by atoms with E-state index in [1.54, 1.807) is 0 Å². The van der Waals surface area contributed by atoms with Crippen LogP contribution in [-0.4, -0.2) is 39.9 Å². The van der Waals surface area contributed by atoms with Crippen LogP contribution in [0.2, 0.25) is 0 Å². The fraction of sp³-hybridized carbons (Fsp3) is 0.174. The lowest BCUT2D eigenvalue weighted by atomic mass is 9.98. The number of benzene rings is 2. The van der Waals surface area contributed by atoms with Gasteiger partial charge in [0, 0.05) is 18.0 Å². The quantitative estimate of drug-likeness (QED) is 0.582. The fourth-order valence-corrected chi connectivity index (χ4v) is 3.73. The third kappa shape index (κ3) is 3.96. The summed E-state index contributed by atoms with van der Waals surface area (Å²) in [6.07, 6.45) is 0.393. The van der Waals surface area contributed by atoms with Crippen molar-refractivity contribution in [2.24, 2.45) is 0 Å². The standard InChI is InChI=1S/C23H20N2O5/c26-15-10-9-14(24-12-15)11-21(22(27)28)25-23(29)30-13-20-18-7-3-1-5-16(18)17-6-2-4-8-19(17)20/h1-10,12,20-21,26H,11,13H2,(H,25,29)(H,27,28)/t21-/m0/s1. The zero-order chi connectivity index (χ0) is 21.1. The summed E-state index contributed by atoms with van der Waals surface area (Å²) in [5.74, 6) is -1.32. The number of aromatic nitrogens is 1. The molecule has 1 aliphatic carbocycles. The minimum Gasteiger partial charge on any atom is -0.506 e. The van der Waals surface area contributed by atoms with Crippen LogP contribution in [0.3, 0.4) is 0 Å². The molecule has 0 aliphatic heterocycles. The van der Waals surface area contributed by atoms with Gasteiger partial charge in [-0.2, -0.15) is 0 Å². The second kappa shape index (κ2) is 8.24. The van der Waals surface area contributed by atoms with Crippen molar-refractivity contribution in [3.63, 3.8) is 0 Å². The second-order valence-electron chi connectivity index (χ2n) is 7.07. The van der Waals surface area contributed by atoms with E-state index < -0.39 is 18.1 Å². The van der Waals surface area contributed by atoms with E-state index in [1.807, 2.05) is 48.5 Å². The Labute approximate surface area is 173 Å². The van der Waals surface area contributed by atoms with Crippen molar-refractivity contribution in [1.82, 2.24) is 10.3 Å². The number of alkyl carbamates (subject to hydrolysis) is 1. The number of ether oxygens (including phenoxy) is 1. The first kappa shape index (κ1) is 19.4. The molecular formula is C23H20N2O5. The number of pyridine rings is 1. The number of rotatable bonds is 6. The summed E-state index contributed by atoms with van der Waals surface area (Å²) in [7, 11) is 0. The van der Waals surface area contributed by atoms with Gasteiger partial charge in [0.1, 0.15) is 18.4 Å². The van der Waals surface area contributed by atoms with Crippen molar-refractivity contribution in [2.75, 3.05) is 6.61 Å². The van der Waals surface area contributed by atoms with E-state index in [2.05, 4.69) is 10.3 Å². The number of carbonyl (C=O) groups is 2. The highest BCUT2D eigenvalue weighted by Crippen LogP contribution is 2.44. The van der Waals surface area contributed by atoms with Crippen LogP contribution in [0.15, 0.2) is 66.9 Å². The van der Waals surface area contributed by atoms with Crippen LogP contribution in [0.25, 0.3) is 11.1 Å². The average Bonchev–Trinajstić information content (AvgIpc) is 3.07. The Balaban J connectivity index is 1.43. The lowest BCUT2D eigenvalue weighted by Crippen LogP contribution is -2.43.